The summed E-state index contributed by atoms with van der Waals surface area (Å²) in [5.74, 6) is 1.63. The SMILES string of the molecule is OCC1CCN([C@H]2CCCN(CCCC3CCCC3)C2)CC1. The molecule has 2 aliphatic heterocycles. The summed E-state index contributed by atoms with van der Waals surface area (Å²) in [6.07, 6.45) is 14.1. The molecule has 0 radical (unpaired) electrons. The van der Waals surface area contributed by atoms with Gasteiger partial charge in [-0.3, -0.25) is 4.90 Å². The van der Waals surface area contributed by atoms with Gasteiger partial charge in [0.25, 0.3) is 0 Å². The van der Waals surface area contributed by atoms with E-state index in [0.717, 1.165) is 12.0 Å². The van der Waals surface area contributed by atoms with Crippen molar-refractivity contribution in [2.24, 2.45) is 11.8 Å². The van der Waals surface area contributed by atoms with Crippen LogP contribution in [0.25, 0.3) is 0 Å². The molecule has 1 N–H and O–H groups in total. The van der Waals surface area contributed by atoms with Gasteiger partial charge in [-0.1, -0.05) is 25.7 Å². The van der Waals surface area contributed by atoms with Crippen LogP contribution in [0.5, 0.6) is 0 Å². The van der Waals surface area contributed by atoms with Crippen LogP contribution >= 0.6 is 0 Å². The fraction of sp³-hybridized carbons (Fsp3) is 1.00. The third kappa shape index (κ3) is 4.69. The average Bonchev–Trinajstić information content (AvgIpc) is 3.09. The van der Waals surface area contributed by atoms with Gasteiger partial charge in [0.15, 0.2) is 0 Å². The summed E-state index contributed by atoms with van der Waals surface area (Å²) in [5.41, 5.74) is 0. The molecule has 3 aliphatic rings. The molecule has 3 fully saturated rings. The third-order valence-corrected chi connectivity index (χ3v) is 6.47. The lowest BCUT2D eigenvalue weighted by molar-refractivity contribution is 0.0559. The molecular weight excluding hydrogens is 272 g/mol. The lowest BCUT2D eigenvalue weighted by Gasteiger charge is -2.42. The number of hydrogen-bond acceptors (Lipinski definition) is 3. The summed E-state index contributed by atoms with van der Waals surface area (Å²) in [4.78, 5) is 5.45. The van der Waals surface area contributed by atoms with E-state index in [1.807, 2.05) is 0 Å². The molecule has 3 rings (SSSR count). The second-order valence-corrected chi connectivity index (χ2v) is 8.05. The van der Waals surface area contributed by atoms with Gasteiger partial charge in [-0.15, -0.1) is 0 Å². The third-order valence-electron chi connectivity index (χ3n) is 6.47. The van der Waals surface area contributed by atoms with Crippen LogP contribution in [0.2, 0.25) is 0 Å². The van der Waals surface area contributed by atoms with Gasteiger partial charge in [0.1, 0.15) is 0 Å². The molecule has 0 aromatic rings. The Hall–Kier alpha value is -0.120. The Morgan fingerprint density at radius 3 is 2.32 bits per heavy atom. The summed E-state index contributed by atoms with van der Waals surface area (Å²) in [6, 6.07) is 0.792. The first-order valence-corrected chi connectivity index (χ1v) is 9.92. The van der Waals surface area contributed by atoms with Crippen molar-refractivity contribution in [3.8, 4) is 0 Å². The van der Waals surface area contributed by atoms with Crippen LogP contribution in [-0.4, -0.2) is 60.3 Å². The van der Waals surface area contributed by atoms with E-state index < -0.39 is 0 Å². The number of likely N-dealkylation sites (tertiary alicyclic amines) is 2. The summed E-state index contributed by atoms with van der Waals surface area (Å²) >= 11 is 0. The van der Waals surface area contributed by atoms with Crippen LogP contribution in [0.3, 0.4) is 0 Å². The molecule has 1 aliphatic carbocycles. The number of aliphatic hydroxyl groups is 1. The number of piperidine rings is 2. The van der Waals surface area contributed by atoms with E-state index in [9.17, 15) is 5.11 Å². The van der Waals surface area contributed by atoms with Gasteiger partial charge in [-0.2, -0.15) is 0 Å². The number of hydrogen-bond donors (Lipinski definition) is 1. The Morgan fingerprint density at radius 1 is 0.818 bits per heavy atom. The van der Waals surface area contributed by atoms with Crippen LogP contribution in [-0.2, 0) is 0 Å². The van der Waals surface area contributed by atoms with Gasteiger partial charge >= 0.3 is 0 Å². The molecule has 2 saturated heterocycles. The molecule has 128 valence electrons. The maximum atomic E-state index is 9.29. The summed E-state index contributed by atoms with van der Waals surface area (Å²) in [7, 11) is 0. The van der Waals surface area contributed by atoms with Gasteiger partial charge in [0.2, 0.25) is 0 Å². The molecule has 3 heteroatoms. The number of rotatable bonds is 6. The van der Waals surface area contributed by atoms with E-state index in [0.29, 0.717) is 12.5 Å². The molecule has 1 saturated carbocycles. The fourth-order valence-corrected chi connectivity index (χ4v) is 4.94. The monoisotopic (exact) mass is 308 g/mol. The maximum absolute atomic E-state index is 9.29. The second-order valence-electron chi connectivity index (χ2n) is 8.05. The van der Waals surface area contributed by atoms with Gasteiger partial charge in [-0.05, 0) is 76.5 Å². The van der Waals surface area contributed by atoms with Crippen LogP contribution in [0.15, 0.2) is 0 Å². The van der Waals surface area contributed by atoms with Gasteiger partial charge in [-0.25, -0.2) is 0 Å². The Bertz CT molecular complexity index is 309. The van der Waals surface area contributed by atoms with E-state index in [-0.39, 0.29) is 0 Å². The summed E-state index contributed by atoms with van der Waals surface area (Å²) < 4.78 is 0. The second kappa shape index (κ2) is 8.65. The standard InChI is InChI=1S/C19H36N2O/c22-16-18-9-13-21(14-10-18)19-8-4-12-20(15-19)11-3-7-17-5-1-2-6-17/h17-19,22H,1-16H2/t19-/m0/s1. The molecule has 0 amide bonds. The topological polar surface area (TPSA) is 26.7 Å². The molecule has 0 unspecified atom stereocenters. The van der Waals surface area contributed by atoms with Crippen molar-refractivity contribution < 1.29 is 5.11 Å². The van der Waals surface area contributed by atoms with E-state index in [4.69, 9.17) is 0 Å². The first kappa shape index (κ1) is 16.7. The van der Waals surface area contributed by atoms with Crippen molar-refractivity contribution in [3.63, 3.8) is 0 Å². The Morgan fingerprint density at radius 2 is 1.59 bits per heavy atom. The molecule has 1 atom stereocenters. The molecule has 3 nitrogen and oxygen atoms in total. The highest BCUT2D eigenvalue weighted by molar-refractivity contribution is 4.84. The summed E-state index contributed by atoms with van der Waals surface area (Å²) in [6.45, 7) is 6.78. The van der Waals surface area contributed by atoms with E-state index in [2.05, 4.69) is 9.80 Å². The molecular formula is C19H36N2O. The van der Waals surface area contributed by atoms with Gasteiger partial charge in [0.05, 0.1) is 0 Å². The average molecular weight is 309 g/mol. The highest BCUT2D eigenvalue weighted by Gasteiger charge is 2.28. The number of nitrogens with zero attached hydrogens (tertiary/aromatic N) is 2. The zero-order valence-corrected chi connectivity index (χ0v) is 14.4. The van der Waals surface area contributed by atoms with Crippen LogP contribution in [0.1, 0.15) is 64.2 Å². The Balaban J connectivity index is 1.36. The zero-order chi connectivity index (χ0) is 15.2. The smallest absolute Gasteiger partial charge is 0.0460 e. The molecule has 22 heavy (non-hydrogen) atoms. The molecule has 0 aromatic carbocycles. The Labute approximate surface area is 137 Å². The highest BCUT2D eigenvalue weighted by Crippen LogP contribution is 2.29. The van der Waals surface area contributed by atoms with Crippen molar-refractivity contribution in [1.29, 1.82) is 0 Å². The first-order valence-electron chi connectivity index (χ1n) is 9.92. The van der Waals surface area contributed by atoms with Crippen LogP contribution < -0.4 is 0 Å². The minimum atomic E-state index is 0.395. The minimum Gasteiger partial charge on any atom is -0.396 e. The lowest BCUT2D eigenvalue weighted by Crippen LogP contribution is -2.50. The van der Waals surface area contributed by atoms with Crippen molar-refractivity contribution in [1.82, 2.24) is 9.80 Å². The zero-order valence-electron chi connectivity index (χ0n) is 14.4. The van der Waals surface area contributed by atoms with Crippen molar-refractivity contribution in [3.05, 3.63) is 0 Å². The van der Waals surface area contributed by atoms with Crippen molar-refractivity contribution >= 4 is 0 Å². The predicted molar refractivity (Wildman–Crippen MR) is 92.0 cm³/mol. The molecule has 2 heterocycles. The minimum absolute atomic E-state index is 0.395. The molecule has 0 bridgehead atoms. The lowest BCUT2D eigenvalue weighted by atomic mass is 9.94. The fourth-order valence-electron chi connectivity index (χ4n) is 4.94. The predicted octanol–water partition coefficient (Wildman–Crippen LogP) is 3.13. The van der Waals surface area contributed by atoms with Crippen LogP contribution in [0, 0.1) is 11.8 Å². The normalized spacial score (nSPS) is 30.1. The van der Waals surface area contributed by atoms with E-state index in [1.54, 1.807) is 0 Å². The molecule has 0 spiro atoms. The summed E-state index contributed by atoms with van der Waals surface area (Å²) in [5, 5.41) is 9.29. The van der Waals surface area contributed by atoms with Gasteiger partial charge < -0.3 is 10.0 Å². The van der Waals surface area contributed by atoms with Crippen LogP contribution in [0.4, 0.5) is 0 Å². The van der Waals surface area contributed by atoms with E-state index in [1.165, 1.54) is 96.9 Å². The Kier molecular flexibility index (Phi) is 6.58. The molecule has 0 aromatic heterocycles. The van der Waals surface area contributed by atoms with Crippen molar-refractivity contribution in [2.45, 2.75) is 70.3 Å². The quantitative estimate of drug-likeness (QED) is 0.816. The largest absolute Gasteiger partial charge is 0.396 e. The highest BCUT2D eigenvalue weighted by atomic mass is 16.3. The maximum Gasteiger partial charge on any atom is 0.0460 e. The van der Waals surface area contributed by atoms with Gasteiger partial charge in [0, 0.05) is 19.2 Å². The first-order chi connectivity index (χ1) is 10.8. The van der Waals surface area contributed by atoms with E-state index >= 15 is 0 Å². The van der Waals surface area contributed by atoms with Crippen molar-refractivity contribution in [2.75, 3.05) is 39.3 Å². The number of aliphatic hydroxyl groups excluding tert-OH is 1.